The number of alkyl carbamates (subject to hydrolysis) is 1. The van der Waals surface area contributed by atoms with Crippen molar-refractivity contribution in [2.45, 2.75) is 91.6 Å². The van der Waals surface area contributed by atoms with Gasteiger partial charge in [0.05, 0.1) is 30.3 Å². The minimum absolute atomic E-state index is 0.0145. The van der Waals surface area contributed by atoms with Gasteiger partial charge in [-0.1, -0.05) is 23.8 Å². The zero-order valence-electron chi connectivity index (χ0n) is 20.3. The SMILES string of the molecule is CCOC(=O)C[C@H](NC(=O)OC(C)(C)C)c1cc(C)cc(B2OC(C)(C)C(C)(C)O2)c1. The van der Waals surface area contributed by atoms with Crippen LogP contribution in [-0.4, -0.2) is 42.6 Å². The van der Waals surface area contributed by atoms with Crippen molar-refractivity contribution in [3.05, 3.63) is 29.3 Å². The maximum atomic E-state index is 12.4. The summed E-state index contributed by atoms with van der Waals surface area (Å²) >= 11 is 0. The van der Waals surface area contributed by atoms with Gasteiger partial charge in [0.2, 0.25) is 0 Å². The molecule has 0 aliphatic carbocycles. The van der Waals surface area contributed by atoms with E-state index in [0.717, 1.165) is 16.6 Å². The van der Waals surface area contributed by atoms with Gasteiger partial charge in [0, 0.05) is 0 Å². The number of aryl methyl sites for hydroxylation is 1. The number of hydrogen-bond donors (Lipinski definition) is 1. The van der Waals surface area contributed by atoms with Crippen LogP contribution in [0.15, 0.2) is 18.2 Å². The predicted molar refractivity (Wildman–Crippen MR) is 120 cm³/mol. The molecular formula is C23H36BNO6. The van der Waals surface area contributed by atoms with Crippen molar-refractivity contribution in [3.8, 4) is 0 Å². The Morgan fingerprint density at radius 2 is 1.68 bits per heavy atom. The van der Waals surface area contributed by atoms with Gasteiger partial charge in [0.1, 0.15) is 5.60 Å². The summed E-state index contributed by atoms with van der Waals surface area (Å²) in [5.41, 5.74) is 0.944. The summed E-state index contributed by atoms with van der Waals surface area (Å²) in [6, 6.07) is 5.20. The summed E-state index contributed by atoms with van der Waals surface area (Å²) in [7, 11) is -0.548. The third-order valence-corrected chi connectivity index (χ3v) is 5.42. The van der Waals surface area contributed by atoms with E-state index in [2.05, 4.69) is 5.32 Å². The first-order chi connectivity index (χ1) is 14.1. The molecule has 8 heteroatoms. The Kier molecular flexibility index (Phi) is 7.49. The molecule has 1 amide bonds. The number of ether oxygens (including phenoxy) is 2. The van der Waals surface area contributed by atoms with E-state index in [1.807, 2.05) is 52.8 Å². The minimum Gasteiger partial charge on any atom is -0.466 e. The van der Waals surface area contributed by atoms with Gasteiger partial charge < -0.3 is 24.1 Å². The first kappa shape index (κ1) is 25.2. The summed E-state index contributed by atoms with van der Waals surface area (Å²) in [4.78, 5) is 24.7. The van der Waals surface area contributed by atoms with Crippen LogP contribution < -0.4 is 10.8 Å². The highest BCUT2D eigenvalue weighted by Crippen LogP contribution is 2.36. The van der Waals surface area contributed by atoms with Crippen molar-refractivity contribution in [1.29, 1.82) is 0 Å². The largest absolute Gasteiger partial charge is 0.494 e. The van der Waals surface area contributed by atoms with Crippen LogP contribution in [0.5, 0.6) is 0 Å². The summed E-state index contributed by atoms with van der Waals surface area (Å²) in [5.74, 6) is -0.401. The lowest BCUT2D eigenvalue weighted by molar-refractivity contribution is -0.143. The molecule has 1 aromatic carbocycles. The normalized spacial score (nSPS) is 18.4. The zero-order chi connectivity index (χ0) is 23.6. The van der Waals surface area contributed by atoms with Crippen molar-refractivity contribution in [3.63, 3.8) is 0 Å². The van der Waals surface area contributed by atoms with Crippen molar-refractivity contribution < 1.29 is 28.4 Å². The molecule has 1 N–H and O–H groups in total. The van der Waals surface area contributed by atoms with Crippen LogP contribution in [0.1, 0.15) is 79.0 Å². The van der Waals surface area contributed by atoms with Crippen LogP contribution in [0.3, 0.4) is 0 Å². The van der Waals surface area contributed by atoms with E-state index in [0.29, 0.717) is 0 Å². The Morgan fingerprint density at radius 3 is 2.19 bits per heavy atom. The molecule has 1 aromatic rings. The molecule has 1 saturated heterocycles. The standard InChI is InChI=1S/C23H36BNO6/c1-10-28-19(26)14-18(25-20(27)29-21(3,4)5)16-11-15(2)12-17(13-16)24-30-22(6,7)23(8,9)31-24/h11-13,18H,10,14H2,1-9H3,(H,25,27)/t18-/m0/s1. The molecule has 0 bridgehead atoms. The number of hydrogen-bond acceptors (Lipinski definition) is 6. The fraction of sp³-hybridized carbons (Fsp3) is 0.652. The Morgan fingerprint density at radius 1 is 1.10 bits per heavy atom. The summed E-state index contributed by atoms with van der Waals surface area (Å²) in [6.07, 6.45) is -0.611. The molecule has 1 atom stereocenters. The van der Waals surface area contributed by atoms with Crippen molar-refractivity contribution >= 4 is 24.6 Å². The molecule has 31 heavy (non-hydrogen) atoms. The van der Waals surface area contributed by atoms with E-state index in [4.69, 9.17) is 18.8 Å². The molecule has 172 valence electrons. The Hall–Kier alpha value is -2.06. The summed E-state index contributed by atoms with van der Waals surface area (Å²) in [6.45, 7) is 17.3. The molecule has 0 unspecified atom stereocenters. The Bertz CT molecular complexity index is 799. The number of amides is 1. The monoisotopic (exact) mass is 433 g/mol. The first-order valence-electron chi connectivity index (χ1n) is 10.8. The van der Waals surface area contributed by atoms with Gasteiger partial charge in [0.15, 0.2) is 0 Å². The smallest absolute Gasteiger partial charge is 0.466 e. The van der Waals surface area contributed by atoms with E-state index in [1.54, 1.807) is 27.7 Å². The van der Waals surface area contributed by atoms with Gasteiger partial charge in [-0.25, -0.2) is 4.79 Å². The van der Waals surface area contributed by atoms with Gasteiger partial charge >= 0.3 is 19.2 Å². The zero-order valence-corrected chi connectivity index (χ0v) is 20.3. The van der Waals surface area contributed by atoms with E-state index in [-0.39, 0.29) is 13.0 Å². The van der Waals surface area contributed by atoms with Crippen LogP contribution in [0, 0.1) is 6.92 Å². The van der Waals surface area contributed by atoms with E-state index in [9.17, 15) is 9.59 Å². The summed E-state index contributed by atoms with van der Waals surface area (Å²) in [5, 5.41) is 2.81. The van der Waals surface area contributed by atoms with E-state index >= 15 is 0 Å². The first-order valence-corrected chi connectivity index (χ1v) is 10.8. The van der Waals surface area contributed by atoms with Gasteiger partial charge in [-0.05, 0) is 73.3 Å². The van der Waals surface area contributed by atoms with Crippen LogP contribution in [0.2, 0.25) is 0 Å². The lowest BCUT2D eigenvalue weighted by Crippen LogP contribution is -2.41. The van der Waals surface area contributed by atoms with E-state index < -0.39 is 42.0 Å². The van der Waals surface area contributed by atoms with Crippen LogP contribution in [0.25, 0.3) is 0 Å². The average Bonchev–Trinajstić information content (AvgIpc) is 2.80. The highest BCUT2D eigenvalue weighted by molar-refractivity contribution is 6.62. The molecule has 0 saturated carbocycles. The quantitative estimate of drug-likeness (QED) is 0.543. The molecule has 0 spiro atoms. The lowest BCUT2D eigenvalue weighted by Gasteiger charge is -2.32. The second kappa shape index (κ2) is 9.21. The maximum absolute atomic E-state index is 12.4. The minimum atomic E-state index is -0.654. The molecule has 1 aliphatic rings. The fourth-order valence-electron chi connectivity index (χ4n) is 3.25. The number of rotatable bonds is 6. The third kappa shape index (κ3) is 6.71. The Balaban J connectivity index is 2.34. The molecule has 7 nitrogen and oxygen atoms in total. The van der Waals surface area contributed by atoms with Gasteiger partial charge in [0.25, 0.3) is 0 Å². The van der Waals surface area contributed by atoms with Crippen molar-refractivity contribution in [2.75, 3.05) is 6.61 Å². The van der Waals surface area contributed by atoms with Gasteiger partial charge in [-0.3, -0.25) is 4.79 Å². The number of carbonyl (C=O) groups excluding carboxylic acids is 2. The highest BCUT2D eigenvalue weighted by Gasteiger charge is 2.51. The third-order valence-electron chi connectivity index (χ3n) is 5.42. The molecule has 1 heterocycles. The number of esters is 1. The fourth-order valence-corrected chi connectivity index (χ4v) is 3.25. The molecule has 0 aromatic heterocycles. The van der Waals surface area contributed by atoms with E-state index in [1.165, 1.54) is 0 Å². The molecule has 1 fully saturated rings. The highest BCUT2D eigenvalue weighted by atomic mass is 16.7. The topological polar surface area (TPSA) is 83.1 Å². The van der Waals surface area contributed by atoms with Gasteiger partial charge in [-0.15, -0.1) is 0 Å². The number of nitrogens with one attached hydrogen (secondary N) is 1. The Labute approximate surface area is 186 Å². The number of benzene rings is 1. The van der Waals surface area contributed by atoms with Crippen LogP contribution >= 0.6 is 0 Å². The summed E-state index contributed by atoms with van der Waals surface area (Å²) < 4.78 is 22.9. The molecular weight excluding hydrogens is 397 g/mol. The average molecular weight is 433 g/mol. The van der Waals surface area contributed by atoms with Crippen LogP contribution in [-0.2, 0) is 23.6 Å². The second-order valence-electron chi connectivity index (χ2n) is 9.97. The van der Waals surface area contributed by atoms with Crippen LogP contribution in [0.4, 0.5) is 4.79 Å². The van der Waals surface area contributed by atoms with Crippen molar-refractivity contribution in [2.24, 2.45) is 0 Å². The molecule has 1 aliphatic heterocycles. The van der Waals surface area contributed by atoms with Crippen molar-refractivity contribution in [1.82, 2.24) is 5.32 Å². The molecule has 0 radical (unpaired) electrons. The maximum Gasteiger partial charge on any atom is 0.494 e. The predicted octanol–water partition coefficient (Wildman–Crippen LogP) is 3.81. The van der Waals surface area contributed by atoms with Gasteiger partial charge in [-0.2, -0.15) is 0 Å². The molecule has 2 rings (SSSR count). The second-order valence-corrected chi connectivity index (χ2v) is 9.97. The lowest BCUT2D eigenvalue weighted by atomic mass is 9.77. The number of carbonyl (C=O) groups is 2.